The number of rotatable bonds is 9. The van der Waals surface area contributed by atoms with Crippen molar-refractivity contribution < 1.29 is 18.7 Å². The molecule has 0 saturated heterocycles. The summed E-state index contributed by atoms with van der Waals surface area (Å²) >= 11 is 4.68. The second-order valence-electron chi connectivity index (χ2n) is 4.76. The van der Waals surface area contributed by atoms with E-state index in [2.05, 4.69) is 28.0 Å². The Labute approximate surface area is 155 Å². The van der Waals surface area contributed by atoms with Crippen molar-refractivity contribution in [2.45, 2.75) is 0 Å². The number of aromatic nitrogens is 1. The smallest absolute Gasteiger partial charge is 0.189 e. The number of halogens is 1. The lowest BCUT2D eigenvalue weighted by Crippen LogP contribution is -2.11. The summed E-state index contributed by atoms with van der Waals surface area (Å²) in [4.78, 5) is 9.66. The fourth-order valence-electron chi connectivity index (χ4n) is 2.12. The summed E-state index contributed by atoms with van der Waals surface area (Å²) in [6.45, 7) is 0. The standard InChI is InChI=1S/C18H18FN3O3S/c1-20-25-18-10-14-15(11-17(18)23-2)21-8-6-16(14)24-9-3-4-13(5-7-19)22-12-26/h3-12,20H,1-2H3,(H,22,26)/b7-5+,9-3+,13-4+. The molecule has 0 aliphatic rings. The van der Waals surface area contributed by atoms with Gasteiger partial charge < -0.3 is 19.6 Å². The van der Waals surface area contributed by atoms with Crippen molar-refractivity contribution in [3.63, 3.8) is 0 Å². The molecule has 0 fully saturated rings. The van der Waals surface area contributed by atoms with E-state index in [9.17, 15) is 4.39 Å². The van der Waals surface area contributed by atoms with Crippen molar-refractivity contribution in [3.05, 3.63) is 60.9 Å². The molecule has 1 aromatic carbocycles. The van der Waals surface area contributed by atoms with Gasteiger partial charge in [0.05, 0.1) is 30.7 Å². The number of hydrogen-bond donors (Lipinski definition) is 2. The van der Waals surface area contributed by atoms with Crippen LogP contribution in [0.4, 0.5) is 4.39 Å². The van der Waals surface area contributed by atoms with Crippen LogP contribution in [0.2, 0.25) is 0 Å². The summed E-state index contributed by atoms with van der Waals surface area (Å²) in [5, 5.41) is 3.46. The fraction of sp³-hybridized carbons (Fsp3) is 0.111. The summed E-state index contributed by atoms with van der Waals surface area (Å²) in [6, 6.07) is 5.25. The SMILES string of the molecule is CNOc1cc2c(O/C=C/C=C(\C=C\F)NC=S)ccnc2cc1OC. The van der Waals surface area contributed by atoms with Gasteiger partial charge in [-0.2, -0.15) is 5.48 Å². The second kappa shape index (κ2) is 10.1. The number of methoxy groups -OCH3 is 1. The zero-order chi connectivity index (χ0) is 18.8. The van der Waals surface area contributed by atoms with Crippen LogP contribution in [-0.4, -0.2) is 24.6 Å². The van der Waals surface area contributed by atoms with E-state index in [4.69, 9.17) is 14.3 Å². The zero-order valence-electron chi connectivity index (χ0n) is 14.2. The highest BCUT2D eigenvalue weighted by Gasteiger charge is 2.11. The molecule has 0 bridgehead atoms. The van der Waals surface area contributed by atoms with Gasteiger partial charge in [0.15, 0.2) is 11.5 Å². The van der Waals surface area contributed by atoms with E-state index in [0.29, 0.717) is 34.8 Å². The van der Waals surface area contributed by atoms with Gasteiger partial charge in [0.2, 0.25) is 0 Å². The van der Waals surface area contributed by atoms with E-state index < -0.39 is 0 Å². The van der Waals surface area contributed by atoms with Gasteiger partial charge in [-0.1, -0.05) is 12.2 Å². The lowest BCUT2D eigenvalue weighted by atomic mass is 10.2. The molecule has 0 saturated carbocycles. The van der Waals surface area contributed by atoms with Gasteiger partial charge in [0, 0.05) is 30.4 Å². The highest BCUT2D eigenvalue weighted by atomic mass is 32.1. The second-order valence-corrected chi connectivity index (χ2v) is 4.99. The molecule has 8 heteroatoms. The number of nitrogens with one attached hydrogen (secondary N) is 2. The molecule has 136 valence electrons. The third-order valence-electron chi connectivity index (χ3n) is 3.22. The molecular formula is C18H18FN3O3S. The van der Waals surface area contributed by atoms with Crippen LogP contribution in [0.5, 0.6) is 17.2 Å². The van der Waals surface area contributed by atoms with Crippen molar-refractivity contribution in [3.8, 4) is 17.2 Å². The van der Waals surface area contributed by atoms with Gasteiger partial charge in [0.1, 0.15) is 5.75 Å². The molecule has 1 heterocycles. The minimum absolute atomic E-state index is 0.416. The van der Waals surface area contributed by atoms with Gasteiger partial charge in [-0.15, -0.1) is 0 Å². The van der Waals surface area contributed by atoms with Gasteiger partial charge in [-0.25, -0.2) is 4.39 Å². The van der Waals surface area contributed by atoms with Crippen LogP contribution in [0.15, 0.2) is 60.9 Å². The normalized spacial score (nSPS) is 11.9. The van der Waals surface area contributed by atoms with Crippen LogP contribution in [0, 0.1) is 0 Å². The molecular weight excluding hydrogens is 357 g/mol. The molecule has 0 aliphatic carbocycles. The summed E-state index contributed by atoms with van der Waals surface area (Å²) in [5.41, 5.74) is 5.07. The summed E-state index contributed by atoms with van der Waals surface area (Å²) in [5.74, 6) is 1.63. The van der Waals surface area contributed by atoms with E-state index in [-0.39, 0.29) is 0 Å². The zero-order valence-corrected chi connectivity index (χ0v) is 15.0. The van der Waals surface area contributed by atoms with Crippen molar-refractivity contribution in [1.82, 2.24) is 15.8 Å². The molecule has 0 spiro atoms. The van der Waals surface area contributed by atoms with Crippen molar-refractivity contribution in [2.24, 2.45) is 0 Å². The molecule has 2 N–H and O–H groups in total. The van der Waals surface area contributed by atoms with Crippen LogP contribution in [0.25, 0.3) is 10.9 Å². The third-order valence-corrected chi connectivity index (χ3v) is 3.33. The number of ether oxygens (including phenoxy) is 2. The average Bonchev–Trinajstić information content (AvgIpc) is 2.65. The lowest BCUT2D eigenvalue weighted by Gasteiger charge is -2.11. The highest BCUT2D eigenvalue weighted by Crippen LogP contribution is 2.35. The largest absolute Gasteiger partial charge is 0.493 e. The van der Waals surface area contributed by atoms with Crippen molar-refractivity contribution in [2.75, 3.05) is 14.2 Å². The summed E-state index contributed by atoms with van der Waals surface area (Å²) < 4.78 is 23.2. The van der Waals surface area contributed by atoms with Crippen LogP contribution >= 0.6 is 12.2 Å². The van der Waals surface area contributed by atoms with Gasteiger partial charge in [-0.3, -0.25) is 4.98 Å². The van der Waals surface area contributed by atoms with Crippen LogP contribution in [0.3, 0.4) is 0 Å². The van der Waals surface area contributed by atoms with Crippen molar-refractivity contribution >= 4 is 28.6 Å². The van der Waals surface area contributed by atoms with E-state index in [1.165, 1.54) is 17.8 Å². The van der Waals surface area contributed by atoms with Crippen LogP contribution < -0.4 is 25.1 Å². The Kier molecular flexibility index (Phi) is 7.53. The first-order valence-electron chi connectivity index (χ1n) is 7.54. The highest BCUT2D eigenvalue weighted by molar-refractivity contribution is 7.78. The topological polar surface area (TPSA) is 64.6 Å². The maximum atomic E-state index is 12.3. The maximum Gasteiger partial charge on any atom is 0.189 e. The number of thiocarbonyl (C=S) groups is 1. The first-order chi connectivity index (χ1) is 12.7. The van der Waals surface area contributed by atoms with Crippen LogP contribution in [0.1, 0.15) is 0 Å². The average molecular weight is 375 g/mol. The monoisotopic (exact) mass is 375 g/mol. The number of fused-ring (bicyclic) bond motifs is 1. The van der Waals surface area contributed by atoms with Crippen LogP contribution in [-0.2, 0) is 0 Å². The minimum Gasteiger partial charge on any atom is -0.493 e. The van der Waals surface area contributed by atoms with E-state index >= 15 is 0 Å². The number of allylic oxidation sites excluding steroid dienone is 3. The van der Waals surface area contributed by atoms with E-state index in [1.807, 2.05) is 0 Å². The van der Waals surface area contributed by atoms with Gasteiger partial charge in [0.25, 0.3) is 0 Å². The number of nitrogens with zero attached hydrogens (tertiary/aromatic N) is 1. The fourth-order valence-corrected chi connectivity index (χ4v) is 2.26. The predicted octanol–water partition coefficient (Wildman–Crippen LogP) is 3.56. The molecule has 2 rings (SSSR count). The van der Waals surface area contributed by atoms with Crippen molar-refractivity contribution in [1.29, 1.82) is 0 Å². The Morgan fingerprint density at radius 1 is 1.27 bits per heavy atom. The number of benzene rings is 1. The molecule has 2 aromatic rings. The number of pyridine rings is 1. The molecule has 0 amide bonds. The molecule has 0 radical (unpaired) electrons. The first kappa shape index (κ1) is 19.4. The Morgan fingerprint density at radius 3 is 2.81 bits per heavy atom. The molecule has 0 atom stereocenters. The minimum atomic E-state index is 0.416. The predicted molar refractivity (Wildman–Crippen MR) is 103 cm³/mol. The van der Waals surface area contributed by atoms with E-state index in [1.54, 1.807) is 50.7 Å². The lowest BCUT2D eigenvalue weighted by molar-refractivity contribution is 0.213. The number of hydroxylamine groups is 1. The molecule has 0 unspecified atom stereocenters. The Morgan fingerprint density at radius 2 is 2.12 bits per heavy atom. The third kappa shape index (κ3) is 5.01. The molecule has 1 aromatic heterocycles. The Hall–Kier alpha value is -2.97. The van der Waals surface area contributed by atoms with Gasteiger partial charge in [-0.05, 0) is 30.4 Å². The molecule has 26 heavy (non-hydrogen) atoms. The molecule has 0 aliphatic heterocycles. The summed E-state index contributed by atoms with van der Waals surface area (Å²) in [7, 11) is 3.20. The Balaban J connectivity index is 2.29. The first-order valence-corrected chi connectivity index (χ1v) is 8.01. The Bertz CT molecular complexity index is 853. The maximum absolute atomic E-state index is 12.3. The van der Waals surface area contributed by atoms with E-state index in [0.717, 1.165) is 5.39 Å². The number of hydrogen-bond acceptors (Lipinski definition) is 6. The molecule has 6 nitrogen and oxygen atoms in total. The quantitative estimate of drug-likeness (QED) is 0.301. The van der Waals surface area contributed by atoms with Gasteiger partial charge >= 0.3 is 0 Å². The summed E-state index contributed by atoms with van der Waals surface area (Å²) in [6.07, 6.45) is 7.98.